The van der Waals surface area contributed by atoms with E-state index in [-0.39, 0.29) is 16.5 Å². The lowest BCUT2D eigenvalue weighted by molar-refractivity contribution is 0.593. The highest BCUT2D eigenvalue weighted by atomic mass is 35.5. The monoisotopic (exact) mass is 374 g/mol. The number of benzene rings is 2. The number of hydrogen-bond donors (Lipinski definition) is 0. The highest BCUT2D eigenvalue weighted by molar-refractivity contribution is 7.71. The van der Waals surface area contributed by atoms with Gasteiger partial charge in [0.1, 0.15) is 5.82 Å². The first-order chi connectivity index (χ1) is 12.0. The molecule has 0 radical (unpaired) electrons. The third kappa shape index (κ3) is 2.65. The minimum Gasteiger partial charge on any atom is -0.403 e. The fourth-order valence-electron chi connectivity index (χ4n) is 2.34. The number of hydrogen-bond acceptors (Lipinski definition) is 5. The second kappa shape index (κ2) is 5.91. The van der Waals surface area contributed by atoms with Crippen LogP contribution in [0.5, 0.6) is 0 Å². The number of rotatable bonds is 2. The first-order valence-corrected chi connectivity index (χ1v) is 7.87. The summed E-state index contributed by atoms with van der Waals surface area (Å²) in [5.74, 6) is -0.296. The predicted octanol–water partition coefficient (Wildman–Crippen LogP) is 3.66. The summed E-state index contributed by atoms with van der Waals surface area (Å²) in [5, 5.41) is 4.69. The average molecular weight is 375 g/mol. The summed E-state index contributed by atoms with van der Waals surface area (Å²) < 4.78 is 21.0. The van der Waals surface area contributed by atoms with Crippen molar-refractivity contribution in [1.29, 1.82) is 0 Å². The largest absolute Gasteiger partial charge is 0.403 e. The third-order valence-corrected chi connectivity index (χ3v) is 4.19. The lowest BCUT2D eigenvalue weighted by Crippen LogP contribution is -2.24. The Bertz CT molecular complexity index is 1210. The van der Waals surface area contributed by atoms with Gasteiger partial charge in [0.05, 0.1) is 16.3 Å². The Labute approximate surface area is 149 Å². The molecule has 0 spiro atoms. The molecule has 0 aliphatic rings. The summed E-state index contributed by atoms with van der Waals surface area (Å²) in [6, 6.07) is 12.3. The number of halogens is 2. The maximum absolute atomic E-state index is 13.1. The van der Waals surface area contributed by atoms with Crippen LogP contribution >= 0.6 is 23.8 Å². The fourth-order valence-corrected chi connectivity index (χ4v) is 2.86. The van der Waals surface area contributed by atoms with Crippen LogP contribution in [-0.2, 0) is 0 Å². The van der Waals surface area contributed by atoms with Crippen LogP contribution in [0.15, 0.2) is 57.7 Å². The van der Waals surface area contributed by atoms with E-state index in [0.29, 0.717) is 16.3 Å². The van der Waals surface area contributed by atoms with Crippen molar-refractivity contribution >= 4 is 29.7 Å². The van der Waals surface area contributed by atoms with Crippen LogP contribution in [0.25, 0.3) is 23.0 Å². The molecule has 25 heavy (non-hydrogen) atoms. The van der Waals surface area contributed by atoms with E-state index in [9.17, 15) is 9.18 Å². The lowest BCUT2D eigenvalue weighted by atomic mass is 10.2. The van der Waals surface area contributed by atoms with Gasteiger partial charge < -0.3 is 4.42 Å². The van der Waals surface area contributed by atoms with Crippen molar-refractivity contribution < 1.29 is 8.81 Å². The zero-order chi connectivity index (χ0) is 17.6. The Morgan fingerprint density at radius 1 is 1.12 bits per heavy atom. The maximum atomic E-state index is 13.1. The van der Waals surface area contributed by atoms with Gasteiger partial charge in [0.2, 0.25) is 10.7 Å². The molecule has 4 aromatic rings. The number of aromatic nitrogens is 4. The Morgan fingerprint density at radius 3 is 2.56 bits per heavy atom. The maximum Gasteiger partial charge on any atom is 0.359 e. The highest BCUT2D eigenvalue weighted by Gasteiger charge is 2.16. The average Bonchev–Trinajstić information content (AvgIpc) is 3.01. The minimum atomic E-state index is -0.654. The van der Waals surface area contributed by atoms with Crippen LogP contribution in [0.3, 0.4) is 0 Å². The van der Waals surface area contributed by atoms with Crippen molar-refractivity contribution in [2.45, 2.75) is 0 Å². The molecule has 124 valence electrons. The second-order valence-electron chi connectivity index (χ2n) is 5.07. The van der Waals surface area contributed by atoms with Gasteiger partial charge in [0.15, 0.2) is 0 Å². The van der Waals surface area contributed by atoms with Crippen molar-refractivity contribution in [3.05, 3.63) is 74.6 Å². The Kier molecular flexibility index (Phi) is 3.70. The molecule has 0 atom stereocenters. The van der Waals surface area contributed by atoms with Gasteiger partial charge in [-0.1, -0.05) is 23.7 Å². The van der Waals surface area contributed by atoms with Gasteiger partial charge in [-0.05, 0) is 48.6 Å². The van der Waals surface area contributed by atoms with Crippen LogP contribution in [0.4, 0.5) is 4.39 Å². The molecule has 0 aliphatic carbocycles. The number of fused-ring (bicyclic) bond motifs is 1. The van der Waals surface area contributed by atoms with Crippen LogP contribution in [0.1, 0.15) is 0 Å². The topological polar surface area (TPSA) is 65.3 Å². The quantitative estimate of drug-likeness (QED) is 0.501. The standard InChI is InChI=1S/C16H8ClFN4O2S/c17-12-4-2-1-3-11(12)13-20-22-15(24-13)19-14(23)21(16(22)25)10-7-5-9(18)6-8-10/h1-8H. The minimum absolute atomic E-state index is 0.0451. The third-order valence-electron chi connectivity index (χ3n) is 3.50. The summed E-state index contributed by atoms with van der Waals surface area (Å²) in [6.07, 6.45) is 0. The van der Waals surface area contributed by atoms with Gasteiger partial charge in [-0.25, -0.2) is 13.8 Å². The van der Waals surface area contributed by atoms with Gasteiger partial charge in [-0.15, -0.1) is 10.1 Å². The molecule has 6 nitrogen and oxygen atoms in total. The Morgan fingerprint density at radius 2 is 1.84 bits per heavy atom. The summed E-state index contributed by atoms with van der Waals surface area (Å²) in [7, 11) is 0. The van der Waals surface area contributed by atoms with Gasteiger partial charge in [0.25, 0.3) is 0 Å². The molecule has 0 fully saturated rings. The lowest BCUT2D eigenvalue weighted by Gasteiger charge is -2.04. The van der Waals surface area contributed by atoms with E-state index in [2.05, 4.69) is 10.1 Å². The van der Waals surface area contributed by atoms with Crippen molar-refractivity contribution in [3.8, 4) is 17.1 Å². The first-order valence-electron chi connectivity index (χ1n) is 7.08. The second-order valence-corrected chi connectivity index (χ2v) is 5.84. The van der Waals surface area contributed by atoms with E-state index in [0.717, 1.165) is 4.57 Å². The molecule has 2 aromatic carbocycles. The highest BCUT2D eigenvalue weighted by Crippen LogP contribution is 2.26. The zero-order valence-corrected chi connectivity index (χ0v) is 14.0. The first kappa shape index (κ1) is 15.7. The number of nitrogens with zero attached hydrogens (tertiary/aromatic N) is 4. The molecule has 0 saturated heterocycles. The van der Waals surface area contributed by atoms with E-state index >= 15 is 0 Å². The molecular formula is C16H8ClFN4O2S. The van der Waals surface area contributed by atoms with E-state index in [1.165, 1.54) is 28.8 Å². The van der Waals surface area contributed by atoms with Crippen molar-refractivity contribution in [2.24, 2.45) is 0 Å². The molecular weight excluding hydrogens is 367 g/mol. The fraction of sp³-hybridized carbons (Fsp3) is 0. The summed E-state index contributed by atoms with van der Waals surface area (Å²) in [5.41, 5.74) is 0.268. The molecule has 2 heterocycles. The predicted molar refractivity (Wildman–Crippen MR) is 92.1 cm³/mol. The molecule has 2 aromatic heterocycles. The molecule has 0 N–H and O–H groups in total. The van der Waals surface area contributed by atoms with Gasteiger partial charge in [0, 0.05) is 0 Å². The van der Waals surface area contributed by atoms with Gasteiger partial charge in [-0.2, -0.15) is 4.52 Å². The SMILES string of the molecule is O=c1nc2oc(-c3ccccc3Cl)nn2c(=S)n1-c1ccc(F)cc1. The normalized spacial score (nSPS) is 11.1. The smallest absolute Gasteiger partial charge is 0.359 e. The Hall–Kier alpha value is -2.84. The summed E-state index contributed by atoms with van der Waals surface area (Å²) in [4.78, 5) is 16.2. The molecule has 0 amide bonds. The molecule has 9 heteroatoms. The molecule has 0 bridgehead atoms. The molecule has 0 unspecified atom stereocenters. The van der Waals surface area contributed by atoms with Crippen LogP contribution in [0, 0.1) is 10.6 Å². The van der Waals surface area contributed by atoms with Crippen LogP contribution in [-0.4, -0.2) is 19.2 Å². The summed E-state index contributed by atoms with van der Waals surface area (Å²) >= 11 is 11.5. The van der Waals surface area contributed by atoms with Crippen LogP contribution < -0.4 is 5.69 Å². The zero-order valence-electron chi connectivity index (χ0n) is 12.4. The van der Waals surface area contributed by atoms with E-state index in [1.54, 1.807) is 24.3 Å². The Balaban J connectivity index is 1.97. The summed E-state index contributed by atoms with van der Waals surface area (Å²) in [6.45, 7) is 0. The van der Waals surface area contributed by atoms with Crippen LogP contribution in [0.2, 0.25) is 5.02 Å². The molecule has 0 saturated carbocycles. The van der Waals surface area contributed by atoms with E-state index in [1.807, 2.05) is 0 Å². The van der Waals surface area contributed by atoms with E-state index < -0.39 is 11.5 Å². The molecule has 4 rings (SSSR count). The molecule has 0 aliphatic heterocycles. The van der Waals surface area contributed by atoms with E-state index in [4.69, 9.17) is 28.2 Å². The van der Waals surface area contributed by atoms with Crippen molar-refractivity contribution in [3.63, 3.8) is 0 Å². The van der Waals surface area contributed by atoms with Gasteiger partial charge in [-0.3, -0.25) is 0 Å². The van der Waals surface area contributed by atoms with Crippen molar-refractivity contribution in [2.75, 3.05) is 0 Å². The van der Waals surface area contributed by atoms with Gasteiger partial charge >= 0.3 is 11.5 Å². The van der Waals surface area contributed by atoms with Crippen molar-refractivity contribution in [1.82, 2.24) is 19.2 Å².